The average Bonchev–Trinajstić information content (AvgIpc) is 2.85. The molecule has 6 heteroatoms. The molecule has 1 heterocycles. The molecule has 1 amide bonds. The number of amides is 1. The summed E-state index contributed by atoms with van der Waals surface area (Å²) < 4.78 is 0.670. The Morgan fingerprint density at radius 2 is 2.11 bits per heavy atom. The molecule has 96 valence electrons. The zero-order chi connectivity index (χ0) is 13.5. The van der Waals surface area contributed by atoms with Gasteiger partial charge in [-0.05, 0) is 33.5 Å². The number of carboxylic acid groups (broad SMARTS) is 1. The number of hydrogen-bond acceptors (Lipinski definition) is 3. The van der Waals surface area contributed by atoms with E-state index in [1.807, 2.05) is 0 Å². The fraction of sp³-hybridized carbons (Fsp3) is 0.417. The van der Waals surface area contributed by atoms with Crippen LogP contribution < -0.4 is 5.32 Å². The Bertz CT molecular complexity index is 516. The van der Waals surface area contributed by atoms with Gasteiger partial charge in [-0.3, -0.25) is 9.59 Å². The monoisotopic (exact) mass is 312 g/mol. The lowest BCUT2D eigenvalue weighted by Gasteiger charge is -2.06. The van der Waals surface area contributed by atoms with Crippen molar-refractivity contribution in [2.45, 2.75) is 13.8 Å². The third kappa shape index (κ3) is 2.12. The second kappa shape index (κ2) is 4.35. The molecular weight excluding hydrogens is 300 g/mol. The zero-order valence-electron chi connectivity index (χ0n) is 9.98. The van der Waals surface area contributed by atoms with Crippen molar-refractivity contribution in [3.63, 3.8) is 0 Å². The first kappa shape index (κ1) is 13.0. The van der Waals surface area contributed by atoms with Crippen LogP contribution in [0.15, 0.2) is 22.8 Å². The first-order valence-corrected chi connectivity index (χ1v) is 6.29. The number of carboxylic acids is 1. The van der Waals surface area contributed by atoms with Gasteiger partial charge in [-0.2, -0.15) is 0 Å². The molecule has 1 aromatic heterocycles. The van der Waals surface area contributed by atoms with E-state index in [2.05, 4.69) is 26.2 Å². The van der Waals surface area contributed by atoms with Crippen molar-refractivity contribution in [2.24, 2.45) is 17.3 Å². The minimum Gasteiger partial charge on any atom is -0.481 e. The van der Waals surface area contributed by atoms with Crippen LogP contribution in [0.1, 0.15) is 13.8 Å². The van der Waals surface area contributed by atoms with Gasteiger partial charge in [-0.1, -0.05) is 13.8 Å². The van der Waals surface area contributed by atoms with Gasteiger partial charge in [0.05, 0.1) is 16.3 Å². The fourth-order valence-electron chi connectivity index (χ4n) is 2.26. The van der Waals surface area contributed by atoms with Gasteiger partial charge in [-0.15, -0.1) is 0 Å². The Kier molecular flexibility index (Phi) is 3.14. The van der Waals surface area contributed by atoms with Gasteiger partial charge in [0.15, 0.2) is 0 Å². The van der Waals surface area contributed by atoms with E-state index in [1.54, 1.807) is 32.2 Å². The van der Waals surface area contributed by atoms with Crippen molar-refractivity contribution >= 4 is 33.6 Å². The highest BCUT2D eigenvalue weighted by Gasteiger charge is 2.65. The quantitative estimate of drug-likeness (QED) is 0.896. The molecule has 18 heavy (non-hydrogen) atoms. The van der Waals surface area contributed by atoms with Crippen molar-refractivity contribution in [1.82, 2.24) is 4.98 Å². The number of pyridine rings is 1. The first-order valence-electron chi connectivity index (χ1n) is 5.50. The van der Waals surface area contributed by atoms with Gasteiger partial charge in [0.25, 0.3) is 0 Å². The highest BCUT2D eigenvalue weighted by molar-refractivity contribution is 9.10. The van der Waals surface area contributed by atoms with Crippen molar-refractivity contribution in [2.75, 3.05) is 5.32 Å². The second-order valence-corrected chi connectivity index (χ2v) is 5.79. The van der Waals surface area contributed by atoms with Gasteiger partial charge in [0.1, 0.15) is 5.82 Å². The van der Waals surface area contributed by atoms with Crippen LogP contribution in [0, 0.1) is 17.3 Å². The summed E-state index contributed by atoms with van der Waals surface area (Å²) in [5, 5.41) is 11.7. The number of aliphatic carboxylic acids is 1. The standard InChI is InChI=1S/C12H13BrN2O3/c1-12(2)7(8(12)11(17)18)10(16)15-9-6(13)4-3-5-14-9/h3-5,7-8H,1-2H3,(H,17,18)(H,14,15,16)/t7-,8+/m1/s1. The number of rotatable bonds is 3. The molecule has 2 atom stereocenters. The summed E-state index contributed by atoms with van der Waals surface area (Å²) >= 11 is 3.27. The molecule has 1 fully saturated rings. The van der Waals surface area contributed by atoms with Gasteiger partial charge in [0, 0.05) is 6.20 Å². The molecule has 5 nitrogen and oxygen atoms in total. The Morgan fingerprint density at radius 1 is 1.44 bits per heavy atom. The topological polar surface area (TPSA) is 79.3 Å². The van der Waals surface area contributed by atoms with Crippen LogP contribution in [-0.2, 0) is 9.59 Å². The largest absolute Gasteiger partial charge is 0.481 e. The first-order chi connectivity index (χ1) is 8.35. The van der Waals surface area contributed by atoms with Crippen molar-refractivity contribution in [3.05, 3.63) is 22.8 Å². The Hall–Kier alpha value is -1.43. The predicted octanol–water partition coefficient (Wildman–Crippen LogP) is 2.14. The van der Waals surface area contributed by atoms with Crippen LogP contribution in [0.25, 0.3) is 0 Å². The molecule has 2 rings (SSSR count). The van der Waals surface area contributed by atoms with E-state index in [9.17, 15) is 9.59 Å². The third-order valence-electron chi connectivity index (χ3n) is 3.38. The summed E-state index contributed by atoms with van der Waals surface area (Å²) in [6.45, 7) is 3.56. The van der Waals surface area contributed by atoms with E-state index in [4.69, 9.17) is 5.11 Å². The summed E-state index contributed by atoms with van der Waals surface area (Å²) in [6, 6.07) is 3.50. The van der Waals surface area contributed by atoms with Crippen LogP contribution in [0.4, 0.5) is 5.82 Å². The van der Waals surface area contributed by atoms with E-state index in [0.717, 1.165) is 0 Å². The lowest BCUT2D eigenvalue weighted by molar-refractivity contribution is -0.140. The number of anilines is 1. The highest BCUT2D eigenvalue weighted by Crippen LogP contribution is 2.58. The summed E-state index contributed by atoms with van der Waals surface area (Å²) in [5.41, 5.74) is -0.503. The molecule has 0 unspecified atom stereocenters. The number of carbonyl (C=O) groups excluding carboxylic acids is 1. The maximum absolute atomic E-state index is 12.0. The number of nitrogens with zero attached hydrogens (tertiary/aromatic N) is 1. The summed E-state index contributed by atoms with van der Waals surface area (Å²) in [5.74, 6) is -1.95. The number of aromatic nitrogens is 1. The molecule has 1 saturated carbocycles. The Morgan fingerprint density at radius 3 is 2.61 bits per heavy atom. The van der Waals surface area contributed by atoms with E-state index in [0.29, 0.717) is 10.3 Å². The maximum atomic E-state index is 12.0. The molecule has 0 saturated heterocycles. The van der Waals surface area contributed by atoms with Gasteiger partial charge in [-0.25, -0.2) is 4.98 Å². The van der Waals surface area contributed by atoms with Crippen LogP contribution in [0.3, 0.4) is 0 Å². The van der Waals surface area contributed by atoms with Crippen LogP contribution in [-0.4, -0.2) is 22.0 Å². The molecular formula is C12H13BrN2O3. The molecule has 0 spiro atoms. The molecule has 2 N–H and O–H groups in total. The normalized spacial score (nSPS) is 24.4. The van der Waals surface area contributed by atoms with Gasteiger partial charge >= 0.3 is 5.97 Å². The Balaban J connectivity index is 2.11. The number of nitrogens with one attached hydrogen (secondary N) is 1. The van der Waals surface area contributed by atoms with Crippen molar-refractivity contribution < 1.29 is 14.7 Å². The summed E-state index contributed by atoms with van der Waals surface area (Å²) in [4.78, 5) is 27.0. The van der Waals surface area contributed by atoms with Crippen molar-refractivity contribution in [3.8, 4) is 0 Å². The molecule has 0 radical (unpaired) electrons. The van der Waals surface area contributed by atoms with Crippen LogP contribution in [0.5, 0.6) is 0 Å². The highest BCUT2D eigenvalue weighted by atomic mass is 79.9. The molecule has 1 aliphatic rings. The molecule has 0 aliphatic heterocycles. The summed E-state index contributed by atoms with van der Waals surface area (Å²) in [6.07, 6.45) is 1.56. The molecule has 1 aliphatic carbocycles. The predicted molar refractivity (Wildman–Crippen MR) is 69.0 cm³/mol. The fourth-order valence-corrected chi connectivity index (χ4v) is 2.61. The van der Waals surface area contributed by atoms with Gasteiger partial charge < -0.3 is 10.4 Å². The number of carbonyl (C=O) groups is 2. The lowest BCUT2D eigenvalue weighted by atomic mass is 10.1. The Labute approximate surface area is 113 Å². The SMILES string of the molecule is CC1(C)[C@H](C(=O)O)[C@@H]1C(=O)Nc1ncccc1Br. The zero-order valence-corrected chi connectivity index (χ0v) is 11.6. The molecule has 0 aromatic carbocycles. The maximum Gasteiger partial charge on any atom is 0.307 e. The van der Waals surface area contributed by atoms with E-state index < -0.39 is 23.2 Å². The second-order valence-electron chi connectivity index (χ2n) is 4.94. The van der Waals surface area contributed by atoms with Crippen molar-refractivity contribution in [1.29, 1.82) is 0 Å². The average molecular weight is 313 g/mol. The smallest absolute Gasteiger partial charge is 0.307 e. The van der Waals surface area contributed by atoms with Gasteiger partial charge in [0.2, 0.25) is 5.91 Å². The molecule has 0 bridgehead atoms. The van der Waals surface area contributed by atoms with Crippen LogP contribution in [0.2, 0.25) is 0 Å². The minimum absolute atomic E-state index is 0.299. The lowest BCUT2D eigenvalue weighted by Crippen LogP contribution is -2.18. The van der Waals surface area contributed by atoms with Crippen LogP contribution >= 0.6 is 15.9 Å². The number of hydrogen-bond donors (Lipinski definition) is 2. The summed E-state index contributed by atoms with van der Waals surface area (Å²) in [7, 11) is 0. The third-order valence-corrected chi connectivity index (χ3v) is 4.02. The molecule has 1 aromatic rings. The minimum atomic E-state index is -0.930. The number of halogens is 1. The van der Waals surface area contributed by atoms with E-state index in [-0.39, 0.29) is 5.91 Å². The van der Waals surface area contributed by atoms with E-state index >= 15 is 0 Å². The van der Waals surface area contributed by atoms with E-state index in [1.165, 1.54) is 0 Å².